The molecule has 0 saturated carbocycles. The first kappa shape index (κ1) is 14.5. The summed E-state index contributed by atoms with van der Waals surface area (Å²) >= 11 is 1.23. The summed E-state index contributed by atoms with van der Waals surface area (Å²) in [7, 11) is 0. The van der Waals surface area contributed by atoms with Crippen molar-refractivity contribution in [3.8, 4) is 11.3 Å². The number of aromatic nitrogens is 1. The number of anilines is 1. The van der Waals surface area contributed by atoms with E-state index in [2.05, 4.69) is 15.0 Å². The molecule has 2 rings (SSSR count). The van der Waals surface area contributed by atoms with Gasteiger partial charge in [-0.25, -0.2) is 4.79 Å². The number of carbonyl (C=O) groups excluding carboxylic acids is 1. The number of hydrogen-bond donors (Lipinski definition) is 3. The van der Waals surface area contributed by atoms with Crippen LogP contribution >= 0.6 is 11.5 Å². The van der Waals surface area contributed by atoms with E-state index >= 15 is 0 Å². The number of carbonyl (C=O) groups is 1. The van der Waals surface area contributed by atoms with Gasteiger partial charge in [-0.15, -0.1) is 0 Å². The Morgan fingerprint density at radius 3 is 2.80 bits per heavy atom. The number of amides is 2. The second-order valence-electron chi connectivity index (χ2n) is 4.33. The smallest absolute Gasteiger partial charge is 0.320 e. The minimum atomic E-state index is -0.325. The lowest BCUT2D eigenvalue weighted by Gasteiger charge is -2.13. The Labute approximate surface area is 121 Å². The first-order chi connectivity index (χ1) is 9.72. The van der Waals surface area contributed by atoms with Crippen molar-refractivity contribution in [2.75, 3.05) is 11.9 Å². The Balaban J connectivity index is 1.98. The van der Waals surface area contributed by atoms with E-state index in [-0.39, 0.29) is 18.7 Å². The SMILES string of the molecule is CCC(CO)NC(=O)Nc1cc(-c2ccccc2)ns1. The number of rotatable bonds is 5. The number of nitrogens with zero attached hydrogens (tertiary/aromatic N) is 1. The lowest BCUT2D eigenvalue weighted by atomic mass is 10.2. The molecule has 1 heterocycles. The molecule has 3 N–H and O–H groups in total. The molecule has 0 aliphatic heterocycles. The molecular weight excluding hydrogens is 274 g/mol. The average molecular weight is 291 g/mol. The molecule has 1 aromatic carbocycles. The predicted molar refractivity (Wildman–Crippen MR) is 80.9 cm³/mol. The van der Waals surface area contributed by atoms with Crippen molar-refractivity contribution in [1.29, 1.82) is 0 Å². The van der Waals surface area contributed by atoms with Crippen molar-refractivity contribution < 1.29 is 9.90 Å². The van der Waals surface area contributed by atoms with Crippen molar-refractivity contribution in [2.45, 2.75) is 19.4 Å². The Kier molecular flexibility index (Phi) is 5.09. The van der Waals surface area contributed by atoms with Gasteiger partial charge < -0.3 is 10.4 Å². The fourth-order valence-electron chi connectivity index (χ4n) is 1.69. The van der Waals surface area contributed by atoms with Gasteiger partial charge in [-0.05, 0) is 18.0 Å². The Morgan fingerprint density at radius 1 is 1.40 bits per heavy atom. The van der Waals surface area contributed by atoms with Gasteiger partial charge in [-0.1, -0.05) is 37.3 Å². The number of aliphatic hydroxyl groups is 1. The molecule has 20 heavy (non-hydrogen) atoms. The molecule has 2 amide bonds. The van der Waals surface area contributed by atoms with Gasteiger partial charge in [-0.3, -0.25) is 5.32 Å². The highest BCUT2D eigenvalue weighted by Gasteiger charge is 2.11. The monoisotopic (exact) mass is 291 g/mol. The summed E-state index contributed by atoms with van der Waals surface area (Å²) in [5, 5.41) is 15.1. The molecule has 1 unspecified atom stereocenters. The summed E-state index contributed by atoms with van der Waals surface area (Å²) in [6.45, 7) is 1.84. The first-order valence-electron chi connectivity index (χ1n) is 6.43. The maximum Gasteiger partial charge on any atom is 0.320 e. The van der Waals surface area contributed by atoms with Crippen LogP contribution in [0, 0.1) is 0 Å². The standard InChI is InChI=1S/C14H17N3O2S/c1-2-11(9-18)15-14(19)16-13-8-12(17-20-13)10-6-4-3-5-7-10/h3-8,11,18H,2,9H2,1H3,(H2,15,16,19). The highest BCUT2D eigenvalue weighted by atomic mass is 32.1. The van der Waals surface area contributed by atoms with Crippen LogP contribution in [0.3, 0.4) is 0 Å². The third-order valence-corrected chi connectivity index (χ3v) is 3.57. The Bertz CT molecular complexity index is 553. The molecule has 0 radical (unpaired) electrons. The van der Waals surface area contributed by atoms with E-state index in [9.17, 15) is 4.79 Å². The summed E-state index contributed by atoms with van der Waals surface area (Å²) in [5.41, 5.74) is 1.85. The van der Waals surface area contributed by atoms with E-state index in [0.717, 1.165) is 11.3 Å². The maximum atomic E-state index is 11.7. The summed E-state index contributed by atoms with van der Waals surface area (Å²) in [6, 6.07) is 11.1. The summed E-state index contributed by atoms with van der Waals surface area (Å²) in [4.78, 5) is 11.7. The van der Waals surface area contributed by atoms with Crippen molar-refractivity contribution in [1.82, 2.24) is 9.69 Å². The number of hydrogen-bond acceptors (Lipinski definition) is 4. The summed E-state index contributed by atoms with van der Waals surface area (Å²) < 4.78 is 4.31. The molecule has 0 aliphatic carbocycles. The molecule has 0 spiro atoms. The number of urea groups is 1. The average Bonchev–Trinajstić information content (AvgIpc) is 2.94. The normalized spacial score (nSPS) is 11.9. The fourth-order valence-corrected chi connectivity index (χ4v) is 2.35. The fraction of sp³-hybridized carbons (Fsp3) is 0.286. The van der Waals surface area contributed by atoms with Crippen LogP contribution in [-0.2, 0) is 0 Å². The van der Waals surface area contributed by atoms with Crippen LogP contribution in [0.1, 0.15) is 13.3 Å². The molecule has 0 aliphatic rings. The maximum absolute atomic E-state index is 11.7. The first-order valence-corrected chi connectivity index (χ1v) is 7.20. The molecule has 2 aromatic rings. The van der Waals surface area contributed by atoms with Crippen LogP contribution < -0.4 is 10.6 Å². The van der Waals surface area contributed by atoms with Crippen molar-refractivity contribution in [3.63, 3.8) is 0 Å². The van der Waals surface area contributed by atoms with Gasteiger partial charge in [0, 0.05) is 11.6 Å². The zero-order valence-electron chi connectivity index (χ0n) is 11.2. The van der Waals surface area contributed by atoms with E-state index in [1.54, 1.807) is 0 Å². The molecule has 1 aromatic heterocycles. The molecule has 0 bridgehead atoms. The van der Waals surface area contributed by atoms with Gasteiger partial charge in [0.25, 0.3) is 0 Å². The second-order valence-corrected chi connectivity index (χ2v) is 5.13. The van der Waals surface area contributed by atoms with Gasteiger partial charge in [0.2, 0.25) is 0 Å². The van der Waals surface area contributed by atoms with Crippen LogP contribution in [-0.4, -0.2) is 28.2 Å². The molecule has 5 nitrogen and oxygen atoms in total. The van der Waals surface area contributed by atoms with Crippen LogP contribution in [0.15, 0.2) is 36.4 Å². The van der Waals surface area contributed by atoms with E-state index in [1.165, 1.54) is 11.5 Å². The van der Waals surface area contributed by atoms with Gasteiger partial charge in [0.1, 0.15) is 5.00 Å². The van der Waals surface area contributed by atoms with E-state index in [4.69, 9.17) is 5.11 Å². The largest absolute Gasteiger partial charge is 0.394 e. The molecule has 106 valence electrons. The second kappa shape index (κ2) is 7.02. The highest BCUT2D eigenvalue weighted by Crippen LogP contribution is 2.24. The Hall–Kier alpha value is -1.92. The predicted octanol–water partition coefficient (Wildman–Crippen LogP) is 2.70. The minimum Gasteiger partial charge on any atom is -0.394 e. The van der Waals surface area contributed by atoms with Crippen molar-refractivity contribution in [2.24, 2.45) is 0 Å². The topological polar surface area (TPSA) is 74.2 Å². The lowest BCUT2D eigenvalue weighted by molar-refractivity contribution is 0.222. The van der Waals surface area contributed by atoms with Crippen molar-refractivity contribution >= 4 is 22.6 Å². The van der Waals surface area contributed by atoms with Gasteiger partial charge in [0.05, 0.1) is 18.3 Å². The van der Waals surface area contributed by atoms with Crippen LogP contribution in [0.5, 0.6) is 0 Å². The van der Waals surface area contributed by atoms with E-state index in [1.807, 2.05) is 43.3 Å². The zero-order chi connectivity index (χ0) is 14.4. The molecule has 1 atom stereocenters. The van der Waals surface area contributed by atoms with Gasteiger partial charge >= 0.3 is 6.03 Å². The highest BCUT2D eigenvalue weighted by molar-refractivity contribution is 7.10. The summed E-state index contributed by atoms with van der Waals surface area (Å²) in [5.74, 6) is 0. The number of nitrogens with one attached hydrogen (secondary N) is 2. The van der Waals surface area contributed by atoms with Gasteiger partial charge in [-0.2, -0.15) is 4.37 Å². The number of benzene rings is 1. The molecule has 0 fully saturated rings. The van der Waals surface area contributed by atoms with E-state index < -0.39 is 0 Å². The molecule has 0 saturated heterocycles. The zero-order valence-corrected chi connectivity index (χ0v) is 12.0. The minimum absolute atomic E-state index is 0.0676. The van der Waals surface area contributed by atoms with Gasteiger partial charge in [0.15, 0.2) is 0 Å². The molecule has 6 heteroatoms. The van der Waals surface area contributed by atoms with Crippen LogP contribution in [0.2, 0.25) is 0 Å². The quantitative estimate of drug-likeness (QED) is 0.793. The third kappa shape index (κ3) is 3.79. The van der Waals surface area contributed by atoms with E-state index in [0.29, 0.717) is 11.4 Å². The lowest BCUT2D eigenvalue weighted by Crippen LogP contribution is -2.39. The summed E-state index contributed by atoms with van der Waals surface area (Å²) in [6.07, 6.45) is 0.682. The third-order valence-electron chi connectivity index (χ3n) is 2.86. The Morgan fingerprint density at radius 2 is 2.15 bits per heavy atom. The van der Waals surface area contributed by atoms with Crippen molar-refractivity contribution in [3.05, 3.63) is 36.4 Å². The number of aliphatic hydroxyl groups excluding tert-OH is 1. The van der Waals surface area contributed by atoms with Crippen LogP contribution in [0.25, 0.3) is 11.3 Å². The van der Waals surface area contributed by atoms with Crippen LogP contribution in [0.4, 0.5) is 9.80 Å². The molecular formula is C14H17N3O2S.